The van der Waals surface area contributed by atoms with Crippen LogP contribution < -0.4 is 0 Å². The van der Waals surface area contributed by atoms with Crippen LogP contribution in [0.1, 0.15) is 10.4 Å². The molecular formula is C14H23BrN2O. The average Bonchev–Trinajstić information content (AvgIpc) is 2.27. The second kappa shape index (κ2) is 8.40. The average molecular weight is 315 g/mol. The van der Waals surface area contributed by atoms with Crippen molar-refractivity contribution in [3.8, 4) is 0 Å². The number of hydrogen-bond donors (Lipinski definition) is 0. The highest BCUT2D eigenvalue weighted by molar-refractivity contribution is 8.93. The summed E-state index contributed by atoms with van der Waals surface area (Å²) in [5, 5.41) is 0. The van der Waals surface area contributed by atoms with Crippen LogP contribution in [-0.2, 0) is 0 Å². The first-order valence-electron chi connectivity index (χ1n) is 5.89. The van der Waals surface area contributed by atoms with Gasteiger partial charge in [-0.3, -0.25) is 4.79 Å². The van der Waals surface area contributed by atoms with Gasteiger partial charge >= 0.3 is 0 Å². The molecule has 0 fully saturated rings. The summed E-state index contributed by atoms with van der Waals surface area (Å²) in [7, 11) is 8.00. The van der Waals surface area contributed by atoms with Gasteiger partial charge in [0.1, 0.15) is 0 Å². The van der Waals surface area contributed by atoms with Crippen molar-refractivity contribution >= 4 is 22.8 Å². The molecule has 1 aromatic rings. The van der Waals surface area contributed by atoms with E-state index in [1.807, 2.05) is 58.5 Å². The number of rotatable bonds is 6. The first kappa shape index (κ1) is 17.3. The van der Waals surface area contributed by atoms with Gasteiger partial charge in [-0.15, -0.1) is 17.0 Å². The number of halogens is 1. The van der Waals surface area contributed by atoms with E-state index in [9.17, 15) is 4.79 Å². The van der Waals surface area contributed by atoms with Crippen LogP contribution >= 0.6 is 17.0 Å². The highest BCUT2D eigenvalue weighted by Gasteiger charge is 2.21. The lowest BCUT2D eigenvalue weighted by atomic mass is 9.97. The molecular weight excluding hydrogens is 292 g/mol. The summed E-state index contributed by atoms with van der Waals surface area (Å²) in [6.07, 6.45) is 0. The van der Waals surface area contributed by atoms with Gasteiger partial charge in [-0.1, -0.05) is 30.3 Å². The monoisotopic (exact) mass is 314 g/mol. The summed E-state index contributed by atoms with van der Waals surface area (Å²) in [4.78, 5) is 16.5. The Morgan fingerprint density at radius 1 is 1.00 bits per heavy atom. The number of carbonyl (C=O) groups is 1. The standard InChI is InChI=1S/C14H22N2O.BrH/c1-15(2)10-13(11-16(3)4)14(17)12-8-6-5-7-9-12;/h5-9,13H,10-11H2,1-4H3;1H. The van der Waals surface area contributed by atoms with Gasteiger partial charge in [0.05, 0.1) is 0 Å². The van der Waals surface area contributed by atoms with E-state index in [-0.39, 0.29) is 28.7 Å². The van der Waals surface area contributed by atoms with Gasteiger partial charge in [0.15, 0.2) is 5.78 Å². The molecule has 0 saturated carbocycles. The van der Waals surface area contributed by atoms with Crippen LogP contribution in [0.4, 0.5) is 0 Å². The Kier molecular flexibility index (Phi) is 8.07. The molecule has 0 atom stereocenters. The van der Waals surface area contributed by atoms with Crippen molar-refractivity contribution in [2.24, 2.45) is 5.92 Å². The van der Waals surface area contributed by atoms with Crippen molar-refractivity contribution in [3.63, 3.8) is 0 Å². The number of nitrogens with zero attached hydrogens (tertiary/aromatic N) is 2. The molecule has 0 saturated heterocycles. The maximum atomic E-state index is 12.4. The zero-order valence-corrected chi connectivity index (χ0v) is 13.3. The zero-order chi connectivity index (χ0) is 12.8. The highest BCUT2D eigenvalue weighted by Crippen LogP contribution is 2.11. The molecule has 0 spiro atoms. The van der Waals surface area contributed by atoms with Gasteiger partial charge in [-0.25, -0.2) is 0 Å². The van der Waals surface area contributed by atoms with Crippen LogP contribution in [0.25, 0.3) is 0 Å². The molecule has 0 aliphatic rings. The van der Waals surface area contributed by atoms with E-state index in [2.05, 4.69) is 9.80 Å². The van der Waals surface area contributed by atoms with Crippen LogP contribution in [0, 0.1) is 5.92 Å². The molecule has 0 radical (unpaired) electrons. The molecule has 0 aliphatic carbocycles. The Balaban J connectivity index is 0.00000289. The molecule has 0 unspecified atom stereocenters. The lowest BCUT2D eigenvalue weighted by molar-refractivity contribution is 0.0871. The Labute approximate surface area is 121 Å². The third kappa shape index (κ3) is 5.76. The van der Waals surface area contributed by atoms with Crippen molar-refractivity contribution in [1.82, 2.24) is 9.80 Å². The Morgan fingerprint density at radius 2 is 1.44 bits per heavy atom. The van der Waals surface area contributed by atoms with Crippen molar-refractivity contribution in [2.75, 3.05) is 41.3 Å². The summed E-state index contributed by atoms with van der Waals surface area (Å²) in [5.74, 6) is 0.260. The second-order valence-corrected chi connectivity index (χ2v) is 4.95. The molecule has 3 nitrogen and oxygen atoms in total. The summed E-state index contributed by atoms with van der Waals surface area (Å²) < 4.78 is 0. The van der Waals surface area contributed by atoms with Crippen LogP contribution in [-0.4, -0.2) is 56.9 Å². The lowest BCUT2D eigenvalue weighted by Crippen LogP contribution is -2.35. The van der Waals surface area contributed by atoms with Gasteiger partial charge in [-0.2, -0.15) is 0 Å². The molecule has 0 N–H and O–H groups in total. The second-order valence-electron chi connectivity index (χ2n) is 4.95. The summed E-state index contributed by atoms with van der Waals surface area (Å²) in [5.41, 5.74) is 0.807. The molecule has 0 heterocycles. The van der Waals surface area contributed by atoms with Crippen molar-refractivity contribution in [3.05, 3.63) is 35.9 Å². The van der Waals surface area contributed by atoms with Gasteiger partial charge in [0.2, 0.25) is 0 Å². The van der Waals surface area contributed by atoms with E-state index in [1.54, 1.807) is 0 Å². The van der Waals surface area contributed by atoms with E-state index < -0.39 is 0 Å². The smallest absolute Gasteiger partial charge is 0.168 e. The SMILES string of the molecule is Br.CN(C)CC(CN(C)C)C(=O)c1ccccc1. The summed E-state index contributed by atoms with van der Waals surface area (Å²) in [6, 6.07) is 9.54. The van der Waals surface area contributed by atoms with Crippen molar-refractivity contribution in [1.29, 1.82) is 0 Å². The Bertz CT molecular complexity index is 342. The predicted octanol–water partition coefficient (Wildman–Crippen LogP) is 2.19. The molecule has 4 heteroatoms. The molecule has 102 valence electrons. The van der Waals surface area contributed by atoms with E-state index in [1.165, 1.54) is 0 Å². The number of ketones is 1. The van der Waals surface area contributed by atoms with Gasteiger partial charge in [0.25, 0.3) is 0 Å². The maximum absolute atomic E-state index is 12.4. The minimum absolute atomic E-state index is 0. The number of benzene rings is 1. The lowest BCUT2D eigenvalue weighted by Gasteiger charge is -2.23. The molecule has 0 amide bonds. The third-order valence-corrected chi connectivity index (χ3v) is 2.60. The normalized spacial score (nSPS) is 10.8. The summed E-state index contributed by atoms with van der Waals surface area (Å²) >= 11 is 0. The third-order valence-electron chi connectivity index (χ3n) is 2.60. The van der Waals surface area contributed by atoms with Gasteiger partial charge in [-0.05, 0) is 28.2 Å². The predicted molar refractivity (Wildman–Crippen MR) is 81.7 cm³/mol. The molecule has 1 aromatic carbocycles. The van der Waals surface area contributed by atoms with Crippen molar-refractivity contribution in [2.45, 2.75) is 0 Å². The topological polar surface area (TPSA) is 23.6 Å². The zero-order valence-electron chi connectivity index (χ0n) is 11.6. The van der Waals surface area contributed by atoms with Gasteiger partial charge in [0, 0.05) is 24.6 Å². The minimum atomic E-state index is 0. The number of carbonyl (C=O) groups excluding carboxylic acids is 1. The first-order chi connectivity index (χ1) is 8.00. The van der Waals surface area contributed by atoms with Crippen LogP contribution in [0.3, 0.4) is 0 Å². The fraction of sp³-hybridized carbons (Fsp3) is 0.500. The Hall–Kier alpha value is -0.710. The molecule has 0 aliphatic heterocycles. The van der Waals surface area contributed by atoms with E-state index in [4.69, 9.17) is 0 Å². The summed E-state index contributed by atoms with van der Waals surface area (Å²) in [6.45, 7) is 1.57. The Morgan fingerprint density at radius 3 is 1.83 bits per heavy atom. The van der Waals surface area contributed by atoms with Crippen LogP contribution in [0.15, 0.2) is 30.3 Å². The van der Waals surface area contributed by atoms with Gasteiger partial charge < -0.3 is 9.80 Å². The molecule has 18 heavy (non-hydrogen) atoms. The first-order valence-corrected chi connectivity index (χ1v) is 5.89. The maximum Gasteiger partial charge on any atom is 0.168 e. The van der Waals surface area contributed by atoms with Crippen LogP contribution in [0.5, 0.6) is 0 Å². The fourth-order valence-corrected chi connectivity index (χ4v) is 1.94. The van der Waals surface area contributed by atoms with E-state index in [0.29, 0.717) is 0 Å². The van der Waals surface area contributed by atoms with E-state index >= 15 is 0 Å². The minimum Gasteiger partial charge on any atom is -0.309 e. The van der Waals surface area contributed by atoms with Crippen LogP contribution in [0.2, 0.25) is 0 Å². The highest BCUT2D eigenvalue weighted by atomic mass is 79.9. The largest absolute Gasteiger partial charge is 0.309 e. The molecule has 0 aromatic heterocycles. The molecule has 1 rings (SSSR count). The quantitative estimate of drug-likeness (QED) is 0.752. The fourth-order valence-electron chi connectivity index (χ4n) is 1.94. The van der Waals surface area contributed by atoms with E-state index in [0.717, 1.165) is 18.7 Å². The number of Topliss-reactive ketones (excluding diaryl/α,β-unsaturated/α-hetero) is 1. The van der Waals surface area contributed by atoms with Crippen molar-refractivity contribution < 1.29 is 4.79 Å². The number of hydrogen-bond acceptors (Lipinski definition) is 3. The molecule has 0 bridgehead atoms.